The second kappa shape index (κ2) is 13.4. The molecule has 0 saturated carbocycles. The molecule has 0 aliphatic carbocycles. The molecule has 2 aromatic heterocycles. The van der Waals surface area contributed by atoms with Crippen LogP contribution in [0.3, 0.4) is 0 Å². The summed E-state index contributed by atoms with van der Waals surface area (Å²) in [7, 11) is 0. The van der Waals surface area contributed by atoms with Gasteiger partial charge in [-0.1, -0.05) is 6.07 Å². The number of aromatic nitrogens is 3. The Balaban J connectivity index is 1.22. The third-order valence-electron chi connectivity index (χ3n) is 7.75. The van der Waals surface area contributed by atoms with Crippen molar-refractivity contribution in [2.24, 2.45) is 9.98 Å². The minimum atomic E-state index is -4.54. The molecule has 4 heterocycles. The van der Waals surface area contributed by atoms with Crippen LogP contribution in [0.5, 0.6) is 0 Å². The maximum absolute atomic E-state index is 13.7. The minimum Gasteiger partial charge on any atom is -0.350 e. The van der Waals surface area contributed by atoms with E-state index in [1.54, 1.807) is 42.9 Å². The average Bonchev–Trinajstić information content (AvgIpc) is 3.45. The molecule has 2 aliphatic rings. The van der Waals surface area contributed by atoms with E-state index < -0.39 is 17.6 Å². The number of aryl methyl sites for hydroxylation is 1. The highest BCUT2D eigenvalue weighted by Crippen LogP contribution is 2.34. The van der Waals surface area contributed by atoms with Gasteiger partial charge in [-0.3, -0.25) is 14.7 Å². The number of nitrogens with zero attached hydrogens (tertiary/aromatic N) is 6. The lowest BCUT2D eigenvalue weighted by Gasteiger charge is -2.18. The maximum atomic E-state index is 13.7. The van der Waals surface area contributed by atoms with Gasteiger partial charge in [-0.2, -0.15) is 13.2 Å². The van der Waals surface area contributed by atoms with Gasteiger partial charge in [0, 0.05) is 55.1 Å². The Labute approximate surface area is 263 Å². The summed E-state index contributed by atoms with van der Waals surface area (Å²) in [6.07, 6.45) is 4.52. The number of aliphatic imine (C=N–C) groups is 2. The standard InChI is InChI=1S/C33H32F3N9O/c1-21-4-5-24(31(46)42-26-15-23(19-45-12-2-3-13-45)14-25(17-26)33(34,35)36)16-28(21)43-30-29-27(40-20-41-30)8-11-38-32(44-29)39-18-22-6-9-37-10-7-22/h4-7,9-11,14-17,20H,2-3,8,12-13,18-19H2,1H3,(H,39,44)(H,42,46)(H,40,41,43). The van der Waals surface area contributed by atoms with E-state index in [2.05, 4.69) is 40.8 Å². The Kier molecular flexibility index (Phi) is 9.01. The van der Waals surface area contributed by atoms with Crippen molar-refractivity contribution in [3.63, 3.8) is 0 Å². The first-order valence-electron chi connectivity index (χ1n) is 14.9. The number of carbonyl (C=O) groups is 1. The van der Waals surface area contributed by atoms with Crippen LogP contribution in [0.25, 0.3) is 0 Å². The first kappa shape index (κ1) is 30.8. The van der Waals surface area contributed by atoms with Gasteiger partial charge < -0.3 is 16.0 Å². The highest BCUT2D eigenvalue weighted by molar-refractivity contribution is 6.05. The number of fused-ring (bicyclic) bond motifs is 1. The number of guanidine groups is 1. The second-order valence-electron chi connectivity index (χ2n) is 11.2. The van der Waals surface area contributed by atoms with Crippen molar-refractivity contribution in [2.75, 3.05) is 23.7 Å². The molecule has 0 spiro atoms. The van der Waals surface area contributed by atoms with Crippen LogP contribution < -0.4 is 16.0 Å². The van der Waals surface area contributed by atoms with Crippen LogP contribution in [0.1, 0.15) is 51.1 Å². The molecule has 4 aromatic rings. The van der Waals surface area contributed by atoms with Crippen LogP contribution in [0.2, 0.25) is 0 Å². The highest BCUT2D eigenvalue weighted by atomic mass is 19.4. The number of rotatable bonds is 8. The zero-order valence-corrected chi connectivity index (χ0v) is 25.1. The molecule has 46 heavy (non-hydrogen) atoms. The SMILES string of the molecule is Cc1ccc(C(=O)Nc2cc(CN3CCCC3)cc(C(F)(F)F)c2)cc1Nc1ncnc2c1N=C(NCc1ccncc1)N=CC2. The van der Waals surface area contributed by atoms with Crippen molar-refractivity contribution in [2.45, 2.75) is 45.5 Å². The molecule has 10 nitrogen and oxygen atoms in total. The summed E-state index contributed by atoms with van der Waals surface area (Å²) in [5.74, 6) is 0.275. The summed E-state index contributed by atoms with van der Waals surface area (Å²) in [6.45, 7) is 4.44. The molecule has 236 valence electrons. The first-order valence-corrected chi connectivity index (χ1v) is 14.9. The Morgan fingerprint density at radius 1 is 0.978 bits per heavy atom. The second-order valence-corrected chi connectivity index (χ2v) is 11.2. The molecule has 13 heteroatoms. The van der Waals surface area contributed by atoms with E-state index in [-0.39, 0.29) is 11.3 Å². The van der Waals surface area contributed by atoms with Crippen molar-refractivity contribution < 1.29 is 18.0 Å². The topological polar surface area (TPSA) is 120 Å². The molecule has 0 radical (unpaired) electrons. The first-order chi connectivity index (χ1) is 22.2. The summed E-state index contributed by atoms with van der Waals surface area (Å²) in [4.78, 5) is 37.4. The lowest BCUT2D eigenvalue weighted by Crippen LogP contribution is -2.20. The normalized spacial score (nSPS) is 14.7. The number of benzene rings is 2. The third-order valence-corrected chi connectivity index (χ3v) is 7.75. The molecule has 2 aliphatic heterocycles. The van der Waals surface area contributed by atoms with Crippen LogP contribution in [-0.2, 0) is 25.7 Å². The number of pyridine rings is 1. The van der Waals surface area contributed by atoms with Crippen molar-refractivity contribution in [3.05, 3.63) is 101 Å². The number of amides is 1. The number of alkyl halides is 3. The van der Waals surface area contributed by atoms with Crippen molar-refractivity contribution >= 4 is 41.0 Å². The zero-order valence-electron chi connectivity index (χ0n) is 25.1. The highest BCUT2D eigenvalue weighted by Gasteiger charge is 2.31. The number of hydrogen-bond donors (Lipinski definition) is 3. The van der Waals surface area contributed by atoms with Gasteiger partial charge in [-0.25, -0.2) is 20.0 Å². The quantitative estimate of drug-likeness (QED) is 0.213. The number of carbonyl (C=O) groups excluding carboxylic acids is 1. The van der Waals surface area contributed by atoms with E-state index in [1.807, 2.05) is 19.1 Å². The number of nitrogens with one attached hydrogen (secondary N) is 3. The zero-order chi connectivity index (χ0) is 32.1. The predicted octanol–water partition coefficient (Wildman–Crippen LogP) is 6.19. The largest absolute Gasteiger partial charge is 0.416 e. The van der Waals surface area contributed by atoms with E-state index in [0.717, 1.165) is 49.2 Å². The summed E-state index contributed by atoms with van der Waals surface area (Å²) >= 11 is 0. The molecule has 3 N–H and O–H groups in total. The van der Waals surface area contributed by atoms with Crippen molar-refractivity contribution in [1.82, 2.24) is 25.2 Å². The fraction of sp³-hybridized carbons (Fsp3) is 0.273. The van der Waals surface area contributed by atoms with Gasteiger partial charge in [0.05, 0.1) is 11.3 Å². The molecular weight excluding hydrogens is 595 g/mol. The van der Waals surface area contributed by atoms with E-state index >= 15 is 0 Å². The Hall–Kier alpha value is -5.17. The molecule has 6 rings (SSSR count). The number of likely N-dealkylation sites (tertiary alicyclic amines) is 1. The van der Waals surface area contributed by atoms with Gasteiger partial charge in [0.25, 0.3) is 5.91 Å². The summed E-state index contributed by atoms with van der Waals surface area (Å²) in [6, 6.07) is 12.5. The summed E-state index contributed by atoms with van der Waals surface area (Å²) < 4.78 is 41.2. The van der Waals surface area contributed by atoms with Crippen LogP contribution in [0.4, 0.5) is 36.1 Å². The maximum Gasteiger partial charge on any atom is 0.416 e. The fourth-order valence-corrected chi connectivity index (χ4v) is 5.34. The van der Waals surface area contributed by atoms with E-state index in [9.17, 15) is 18.0 Å². The molecule has 0 unspecified atom stereocenters. The number of halogens is 3. The molecular formula is C33H32F3N9O. The molecule has 0 atom stereocenters. The number of anilines is 3. The Bertz CT molecular complexity index is 1790. The van der Waals surface area contributed by atoms with Gasteiger partial charge in [0.15, 0.2) is 5.82 Å². The summed E-state index contributed by atoms with van der Waals surface area (Å²) in [5.41, 5.74) is 3.64. The van der Waals surface area contributed by atoms with Crippen LogP contribution in [-0.4, -0.2) is 51.0 Å². The lowest BCUT2D eigenvalue weighted by atomic mass is 10.1. The van der Waals surface area contributed by atoms with Crippen molar-refractivity contribution in [1.29, 1.82) is 0 Å². The fourth-order valence-electron chi connectivity index (χ4n) is 5.34. The predicted molar refractivity (Wildman–Crippen MR) is 171 cm³/mol. The van der Waals surface area contributed by atoms with Gasteiger partial charge in [0.1, 0.15) is 12.0 Å². The smallest absolute Gasteiger partial charge is 0.350 e. The third kappa shape index (κ3) is 7.54. The Morgan fingerprint density at radius 3 is 2.57 bits per heavy atom. The average molecular weight is 628 g/mol. The minimum absolute atomic E-state index is 0.0892. The van der Waals surface area contributed by atoms with Gasteiger partial charge in [-0.15, -0.1) is 0 Å². The van der Waals surface area contributed by atoms with Crippen LogP contribution in [0, 0.1) is 6.92 Å². The van der Waals surface area contributed by atoms with Gasteiger partial charge in [0.2, 0.25) is 5.96 Å². The lowest BCUT2D eigenvalue weighted by molar-refractivity contribution is -0.137. The molecule has 2 aromatic carbocycles. The number of hydrogen-bond acceptors (Lipinski definition) is 9. The molecule has 0 bridgehead atoms. The van der Waals surface area contributed by atoms with Crippen molar-refractivity contribution in [3.8, 4) is 0 Å². The molecule has 1 fully saturated rings. The monoisotopic (exact) mass is 627 g/mol. The molecule has 1 saturated heterocycles. The Morgan fingerprint density at radius 2 is 1.78 bits per heavy atom. The van der Waals surface area contributed by atoms with Crippen LogP contribution in [0.15, 0.2) is 77.2 Å². The summed E-state index contributed by atoms with van der Waals surface area (Å²) in [5, 5.41) is 9.17. The van der Waals surface area contributed by atoms with E-state index in [1.165, 1.54) is 6.33 Å². The van der Waals surface area contributed by atoms with Gasteiger partial charge in [-0.05, 0) is 92.0 Å². The van der Waals surface area contributed by atoms with E-state index in [4.69, 9.17) is 4.99 Å². The van der Waals surface area contributed by atoms with Gasteiger partial charge >= 0.3 is 6.18 Å². The van der Waals surface area contributed by atoms with E-state index in [0.29, 0.717) is 53.9 Å². The van der Waals surface area contributed by atoms with Crippen LogP contribution >= 0.6 is 0 Å². The molecule has 1 amide bonds.